The lowest BCUT2D eigenvalue weighted by molar-refractivity contribution is -0.127. The fourth-order valence-electron chi connectivity index (χ4n) is 5.76. The van der Waals surface area contributed by atoms with Crippen molar-refractivity contribution in [3.05, 3.63) is 66.6 Å². The lowest BCUT2D eigenvalue weighted by Crippen LogP contribution is -2.43. The summed E-state index contributed by atoms with van der Waals surface area (Å²) in [5, 5.41) is 7.19. The summed E-state index contributed by atoms with van der Waals surface area (Å²) in [7, 11) is 0. The summed E-state index contributed by atoms with van der Waals surface area (Å²) in [5.41, 5.74) is 2.36. The Balaban J connectivity index is 1.14. The fraction of sp³-hybridized carbons (Fsp3) is 0.267. The zero-order valence-electron chi connectivity index (χ0n) is 23.0. The van der Waals surface area contributed by atoms with Crippen LogP contribution in [0, 0.1) is 24.6 Å². The molecule has 2 saturated heterocycles. The Hall–Kier alpha value is -5.31. The number of fused-ring (bicyclic) bond motifs is 4. The van der Waals surface area contributed by atoms with Gasteiger partial charge in [-0.2, -0.15) is 5.10 Å². The minimum atomic E-state index is -0.466. The summed E-state index contributed by atoms with van der Waals surface area (Å²) >= 11 is 0. The van der Waals surface area contributed by atoms with E-state index in [1.54, 1.807) is 48.8 Å². The van der Waals surface area contributed by atoms with Gasteiger partial charge in [-0.25, -0.2) is 28.8 Å². The zero-order chi connectivity index (χ0) is 28.8. The molecule has 0 aliphatic carbocycles. The number of nitrogens with zero attached hydrogens (tertiary/aromatic N) is 8. The Morgan fingerprint density at radius 2 is 2.02 bits per heavy atom. The van der Waals surface area contributed by atoms with Gasteiger partial charge in [0.25, 0.3) is 5.91 Å². The van der Waals surface area contributed by atoms with E-state index in [9.17, 15) is 4.79 Å². The molecule has 11 nitrogen and oxygen atoms in total. The van der Waals surface area contributed by atoms with Gasteiger partial charge in [-0.15, -0.1) is 0 Å². The van der Waals surface area contributed by atoms with E-state index in [2.05, 4.69) is 42.1 Å². The topological polar surface area (TPSA) is 114 Å². The predicted molar refractivity (Wildman–Crippen MR) is 154 cm³/mol. The third-order valence-corrected chi connectivity index (χ3v) is 7.86. The van der Waals surface area contributed by atoms with Gasteiger partial charge >= 0.3 is 0 Å². The summed E-state index contributed by atoms with van der Waals surface area (Å²) in [6, 6.07) is 11.0. The van der Waals surface area contributed by atoms with E-state index >= 15 is 4.39 Å². The number of pyridine rings is 2. The van der Waals surface area contributed by atoms with Gasteiger partial charge in [-0.05, 0) is 62.9 Å². The molecule has 0 saturated carbocycles. The Kier molecular flexibility index (Phi) is 6.27. The van der Waals surface area contributed by atoms with Crippen LogP contribution in [0.4, 0.5) is 21.7 Å². The smallest absolute Gasteiger partial charge is 0.298 e. The molecule has 2 atom stereocenters. The van der Waals surface area contributed by atoms with Gasteiger partial charge in [-0.3, -0.25) is 4.79 Å². The van der Waals surface area contributed by atoms with Gasteiger partial charge < -0.3 is 19.9 Å². The summed E-state index contributed by atoms with van der Waals surface area (Å²) in [6.45, 7) is 4.69. The first-order chi connectivity index (χ1) is 20.5. The highest BCUT2D eigenvalue weighted by Crippen LogP contribution is 2.36. The number of carbonyl (C=O) groups is 1. The fourth-order valence-corrected chi connectivity index (χ4v) is 5.76. The number of hydrogen-bond donors (Lipinski definition) is 1. The van der Waals surface area contributed by atoms with Crippen LogP contribution in [-0.4, -0.2) is 65.5 Å². The van der Waals surface area contributed by atoms with Crippen LogP contribution in [0.1, 0.15) is 25.3 Å². The molecule has 1 aromatic carbocycles. The van der Waals surface area contributed by atoms with Crippen molar-refractivity contribution in [1.82, 2.24) is 34.4 Å². The van der Waals surface area contributed by atoms with Crippen LogP contribution < -0.4 is 15.0 Å². The van der Waals surface area contributed by atoms with Crippen molar-refractivity contribution in [1.29, 1.82) is 0 Å². The molecular formula is C30H26FN9O2. The number of nitrogens with one attached hydrogen (secondary N) is 1. The molecule has 4 aromatic heterocycles. The Morgan fingerprint density at radius 1 is 1.12 bits per heavy atom. The maximum absolute atomic E-state index is 15.6. The highest BCUT2D eigenvalue weighted by atomic mass is 19.1. The number of likely N-dealkylation sites (tertiary alicyclic amines) is 1. The van der Waals surface area contributed by atoms with E-state index in [1.165, 1.54) is 12.7 Å². The van der Waals surface area contributed by atoms with E-state index in [1.807, 2.05) is 17.0 Å². The Bertz CT molecular complexity index is 1910. The molecule has 12 heteroatoms. The average Bonchev–Trinajstić information content (AvgIpc) is 3.60. The van der Waals surface area contributed by atoms with Gasteiger partial charge in [-0.1, -0.05) is 5.92 Å². The van der Waals surface area contributed by atoms with Gasteiger partial charge in [0.1, 0.15) is 35.5 Å². The van der Waals surface area contributed by atoms with Crippen molar-refractivity contribution in [2.45, 2.75) is 38.8 Å². The lowest BCUT2D eigenvalue weighted by atomic mass is 10.0. The van der Waals surface area contributed by atoms with E-state index in [4.69, 9.17) is 9.72 Å². The Morgan fingerprint density at radius 3 is 2.90 bits per heavy atom. The standard InChI is InChI=1S/C30H26FN9O2/c1-3-4-27(41)38-11-9-19-13-20(38)15-39(19)25-8-6-23-29(37-25)30(34-16-32-23)36-22-5-7-24(18(2)28(22)31)42-21-10-12-40-26(14-21)33-17-35-40/h5-8,10,12,14,16-17,19-20H,9,11,13,15H2,1-2H3,(H,32,34,36)/t19-,20+/m1/s1. The van der Waals surface area contributed by atoms with Crippen LogP contribution in [0.15, 0.2) is 55.2 Å². The number of aromatic nitrogens is 6. The normalized spacial score (nSPS) is 17.8. The van der Waals surface area contributed by atoms with Crippen LogP contribution in [-0.2, 0) is 4.79 Å². The number of hydrogen-bond acceptors (Lipinski definition) is 9. The van der Waals surface area contributed by atoms with Gasteiger partial charge in [0.05, 0.1) is 17.2 Å². The molecule has 2 bridgehead atoms. The molecule has 1 N–H and O–H groups in total. The average molecular weight is 564 g/mol. The first-order valence-electron chi connectivity index (χ1n) is 13.6. The minimum absolute atomic E-state index is 0.0929. The second-order valence-corrected chi connectivity index (χ2v) is 10.3. The lowest BCUT2D eigenvalue weighted by Gasteiger charge is -2.31. The maximum atomic E-state index is 15.6. The van der Waals surface area contributed by atoms with Crippen LogP contribution >= 0.6 is 0 Å². The number of amides is 1. The van der Waals surface area contributed by atoms with E-state index in [0.717, 1.165) is 18.7 Å². The molecule has 6 heterocycles. The first-order valence-corrected chi connectivity index (χ1v) is 13.6. The second kappa shape index (κ2) is 10.3. The number of benzene rings is 1. The minimum Gasteiger partial charge on any atom is -0.457 e. The van der Waals surface area contributed by atoms with Crippen molar-refractivity contribution < 1.29 is 13.9 Å². The number of anilines is 3. The number of halogens is 1. The molecule has 1 amide bonds. The molecule has 0 unspecified atom stereocenters. The number of piperidine rings is 1. The molecule has 42 heavy (non-hydrogen) atoms. The van der Waals surface area contributed by atoms with Crippen molar-refractivity contribution in [3.8, 4) is 23.3 Å². The zero-order valence-corrected chi connectivity index (χ0v) is 23.0. The summed E-state index contributed by atoms with van der Waals surface area (Å²) < 4.78 is 23.2. The molecule has 0 radical (unpaired) electrons. The van der Waals surface area contributed by atoms with Crippen molar-refractivity contribution in [2.75, 3.05) is 23.3 Å². The van der Waals surface area contributed by atoms with E-state index < -0.39 is 5.82 Å². The summed E-state index contributed by atoms with van der Waals surface area (Å²) in [6.07, 6.45) is 6.33. The van der Waals surface area contributed by atoms with Crippen molar-refractivity contribution >= 4 is 39.9 Å². The van der Waals surface area contributed by atoms with Crippen LogP contribution in [0.5, 0.6) is 11.5 Å². The highest BCUT2D eigenvalue weighted by Gasteiger charge is 2.41. The van der Waals surface area contributed by atoms with Gasteiger partial charge in [0.2, 0.25) is 0 Å². The Labute approximate surface area is 240 Å². The van der Waals surface area contributed by atoms with Crippen LogP contribution in [0.3, 0.4) is 0 Å². The monoisotopic (exact) mass is 563 g/mol. The van der Waals surface area contributed by atoms with Crippen molar-refractivity contribution in [3.63, 3.8) is 0 Å². The summed E-state index contributed by atoms with van der Waals surface area (Å²) in [5.74, 6) is 6.86. The SMILES string of the molecule is CC#CC(=O)N1CC[C@@H]2C[C@H]1CN2c1ccc2ncnc(Nc3ccc(Oc4ccn5ncnc5c4)c(C)c3F)c2n1. The third-order valence-electron chi connectivity index (χ3n) is 7.86. The molecule has 7 rings (SSSR count). The molecule has 2 aliphatic heterocycles. The largest absolute Gasteiger partial charge is 0.457 e. The van der Waals surface area contributed by atoms with Crippen LogP contribution in [0.25, 0.3) is 16.7 Å². The predicted octanol–water partition coefficient (Wildman–Crippen LogP) is 4.25. The molecule has 0 spiro atoms. The quantitative estimate of drug-likeness (QED) is 0.314. The molecule has 210 valence electrons. The number of ether oxygens (including phenoxy) is 1. The van der Waals surface area contributed by atoms with E-state index in [-0.39, 0.29) is 23.7 Å². The molecule has 5 aromatic rings. The highest BCUT2D eigenvalue weighted by molar-refractivity contribution is 5.94. The second-order valence-electron chi connectivity index (χ2n) is 10.3. The van der Waals surface area contributed by atoms with Gasteiger partial charge in [0, 0.05) is 37.0 Å². The van der Waals surface area contributed by atoms with Gasteiger partial charge in [0.15, 0.2) is 17.3 Å². The summed E-state index contributed by atoms with van der Waals surface area (Å²) in [4.78, 5) is 34.4. The number of carbonyl (C=O) groups excluding carboxylic acids is 1. The third kappa shape index (κ3) is 4.49. The molecular weight excluding hydrogens is 537 g/mol. The van der Waals surface area contributed by atoms with Crippen molar-refractivity contribution in [2.24, 2.45) is 0 Å². The number of rotatable bonds is 5. The van der Waals surface area contributed by atoms with E-state index in [0.29, 0.717) is 52.7 Å². The first kappa shape index (κ1) is 25.6. The molecule has 2 fully saturated rings. The maximum Gasteiger partial charge on any atom is 0.298 e. The van der Waals surface area contributed by atoms with Crippen LogP contribution in [0.2, 0.25) is 0 Å². The molecule has 2 aliphatic rings.